The van der Waals surface area contributed by atoms with Gasteiger partial charge in [0.25, 0.3) is 0 Å². The molecule has 4 nitrogen and oxygen atoms in total. The van der Waals surface area contributed by atoms with Crippen molar-refractivity contribution in [1.82, 2.24) is 4.98 Å². The number of pyridine rings is 1. The van der Waals surface area contributed by atoms with Crippen LogP contribution >= 0.6 is 11.6 Å². The summed E-state index contributed by atoms with van der Waals surface area (Å²) in [5.74, 6) is -1.39. The molecule has 1 heterocycles. The van der Waals surface area contributed by atoms with Crippen LogP contribution in [0.3, 0.4) is 0 Å². The number of nitrogens with zero attached hydrogens (tertiary/aromatic N) is 2. The van der Waals surface area contributed by atoms with Crippen molar-refractivity contribution in [3.05, 3.63) is 58.0 Å². The molecule has 92 valence electrons. The zero-order valence-corrected chi connectivity index (χ0v) is 12.8. The summed E-state index contributed by atoms with van der Waals surface area (Å²) < 4.78 is 30.2. The van der Waals surface area contributed by atoms with Crippen LogP contribution in [-0.2, 0) is 0 Å². The van der Waals surface area contributed by atoms with E-state index in [4.69, 9.17) is 22.2 Å². The third kappa shape index (κ3) is 3.70. The van der Waals surface area contributed by atoms with Gasteiger partial charge in [-0.05, 0) is 36.1 Å². The van der Waals surface area contributed by atoms with Crippen LogP contribution in [-0.4, -0.2) is 16.1 Å². The van der Waals surface area contributed by atoms with Crippen molar-refractivity contribution in [2.24, 2.45) is 0 Å². The molecule has 0 fully saturated rings. The fourth-order valence-corrected chi connectivity index (χ4v) is 1.48. The first kappa shape index (κ1) is 10.7. The van der Waals surface area contributed by atoms with Crippen molar-refractivity contribution in [1.29, 1.82) is 0 Å². The second kappa shape index (κ2) is 6.91. The third-order valence-electron chi connectivity index (χ3n) is 2.17. The summed E-state index contributed by atoms with van der Waals surface area (Å²) in [6.07, 6.45) is 1.34. The Balaban J connectivity index is 0.00000264. The molecule has 0 spiro atoms. The molecule has 2 rings (SSSR count). The van der Waals surface area contributed by atoms with E-state index in [0.717, 1.165) is 0 Å². The molecule has 0 radical (unpaired) electrons. The van der Waals surface area contributed by atoms with Crippen LogP contribution in [0.2, 0.25) is 5.02 Å². The Hall–Kier alpha value is -1.07. The number of carbonyl (C=O) groups is 1. The van der Waals surface area contributed by atoms with E-state index in [9.17, 15) is 4.79 Å². The molecular formula is C13H10ClN2NaO2. The monoisotopic (exact) mass is 288 g/mol. The van der Waals surface area contributed by atoms with E-state index in [1.54, 1.807) is 0 Å². The van der Waals surface area contributed by atoms with Crippen molar-refractivity contribution in [3.63, 3.8) is 0 Å². The molecule has 6 heteroatoms. The number of aromatic nitrogens is 1. The number of benzene rings is 1. The van der Waals surface area contributed by atoms with E-state index in [1.807, 2.05) is 0 Å². The van der Waals surface area contributed by atoms with Gasteiger partial charge < -0.3 is 15.4 Å². The van der Waals surface area contributed by atoms with Crippen molar-refractivity contribution in [2.45, 2.75) is 6.85 Å². The molecule has 0 amide bonds. The predicted octanol–water partition coefficient (Wildman–Crippen LogP) is 1.08. The second-order valence-corrected chi connectivity index (χ2v) is 3.76. The van der Waals surface area contributed by atoms with Gasteiger partial charge in [-0.3, -0.25) is 0 Å². The Morgan fingerprint density at radius 3 is 3.00 bits per heavy atom. The average molecular weight is 289 g/mol. The number of carboxylic acid groups (broad SMARTS) is 1. The fraction of sp³-hybridized carbons (Fsp3) is 0.0769. The summed E-state index contributed by atoms with van der Waals surface area (Å²) in [4.78, 5) is 15.0. The summed E-state index contributed by atoms with van der Waals surface area (Å²) in [7, 11) is 0. The van der Waals surface area contributed by atoms with Gasteiger partial charge in [0.1, 0.15) is 0 Å². The predicted molar refractivity (Wildman–Crippen MR) is 70.1 cm³/mol. The molecule has 19 heavy (non-hydrogen) atoms. The Morgan fingerprint density at radius 1 is 1.53 bits per heavy atom. The number of carboxylic acids is 1. The van der Waals surface area contributed by atoms with E-state index in [1.165, 1.54) is 30.5 Å². The normalized spacial score (nSPS) is 13.3. The molecule has 2 aromatic rings. The maximum atomic E-state index is 11.2. The molecule has 0 saturated heterocycles. The van der Waals surface area contributed by atoms with Crippen LogP contribution in [0.4, 0.5) is 11.5 Å². The molecule has 0 atom stereocenters. The summed E-state index contributed by atoms with van der Waals surface area (Å²) in [6.45, 7) is -2.55. The number of halogens is 1. The van der Waals surface area contributed by atoms with E-state index in [0.29, 0.717) is 0 Å². The van der Waals surface area contributed by atoms with Gasteiger partial charge in [0.2, 0.25) is 0 Å². The molecule has 0 saturated carbocycles. The van der Waals surface area contributed by atoms with Crippen LogP contribution in [0.1, 0.15) is 21.4 Å². The van der Waals surface area contributed by atoms with Gasteiger partial charge in [0.15, 0.2) is 0 Å². The van der Waals surface area contributed by atoms with E-state index < -0.39 is 12.8 Å². The van der Waals surface area contributed by atoms with E-state index in [-0.39, 0.29) is 63.3 Å². The van der Waals surface area contributed by atoms with Crippen molar-refractivity contribution in [3.8, 4) is 0 Å². The summed E-state index contributed by atoms with van der Waals surface area (Å²) in [6, 6.07) is 5.09. The molecule has 1 aromatic heterocycles. The maximum absolute atomic E-state index is 11.2. The average Bonchev–Trinajstić information content (AvgIpc) is 2.36. The largest absolute Gasteiger partial charge is 1.00 e. The summed E-state index contributed by atoms with van der Waals surface area (Å²) in [5, 5.41) is 13.0. The minimum absolute atomic E-state index is 0. The Morgan fingerprint density at radius 2 is 2.32 bits per heavy atom. The molecule has 0 aliphatic rings. The summed E-state index contributed by atoms with van der Waals surface area (Å²) in [5.41, 5.74) is -0.517. The Bertz CT molecular complexity index is 740. The zero-order valence-electron chi connectivity index (χ0n) is 14.0. The fourth-order valence-electron chi connectivity index (χ4n) is 1.32. The van der Waals surface area contributed by atoms with Crippen molar-refractivity contribution >= 4 is 29.1 Å². The van der Waals surface area contributed by atoms with Gasteiger partial charge in [0, 0.05) is 9.13 Å². The van der Waals surface area contributed by atoms with Crippen LogP contribution in [0.25, 0.3) is 5.32 Å². The topological polar surface area (TPSA) is 64.3 Å². The molecule has 0 bridgehead atoms. The molecular weight excluding hydrogens is 275 g/mol. The standard InChI is InChI=1S/C13H11ClN2O2.Na/c1-8-10(14)5-2-6-11(8)16-12-9(13(17)18)4-3-7-15-12;/h2-7H,1H3,(H2,15,16,17,18);/q;+1/p-1/i1D3,2D;. The van der Waals surface area contributed by atoms with Gasteiger partial charge in [-0.1, -0.05) is 36.0 Å². The minimum Gasteiger partial charge on any atom is -0.478 e. The van der Waals surface area contributed by atoms with E-state index >= 15 is 0 Å². The quantitative estimate of drug-likeness (QED) is 0.860. The number of hydrogen-bond acceptors (Lipinski definition) is 2. The van der Waals surface area contributed by atoms with Crippen molar-refractivity contribution < 1.29 is 44.9 Å². The molecule has 1 N–H and O–H groups in total. The summed E-state index contributed by atoms with van der Waals surface area (Å²) >= 11 is 5.91. The van der Waals surface area contributed by atoms with Gasteiger partial charge in [-0.2, -0.15) is 0 Å². The van der Waals surface area contributed by atoms with Gasteiger partial charge in [-0.25, -0.2) is 4.79 Å². The Labute approximate surface area is 143 Å². The second-order valence-electron chi connectivity index (χ2n) is 3.36. The first-order chi connectivity index (χ1) is 10.2. The number of aromatic carboxylic acids is 1. The first-order valence-electron chi connectivity index (χ1n) is 6.91. The molecule has 0 aliphatic carbocycles. The smallest absolute Gasteiger partial charge is 0.478 e. The van der Waals surface area contributed by atoms with Gasteiger partial charge in [-0.15, -0.1) is 0 Å². The SMILES string of the molecule is [2H]c1cc(Cl)c(C([2H])([2H])[2H])c([N-]c2ncccc2C(=O)O)c1.[Na+]. The third-order valence-corrected chi connectivity index (χ3v) is 2.47. The molecule has 0 aliphatic heterocycles. The van der Waals surface area contributed by atoms with Gasteiger partial charge in [0.05, 0.1) is 6.93 Å². The minimum atomic E-state index is -2.55. The Kier molecular flexibility index (Phi) is 3.89. The van der Waals surface area contributed by atoms with Crippen LogP contribution in [0, 0.1) is 6.85 Å². The zero-order chi connectivity index (χ0) is 16.5. The first-order valence-corrected chi connectivity index (χ1v) is 5.28. The van der Waals surface area contributed by atoms with Crippen LogP contribution in [0.15, 0.2) is 36.5 Å². The maximum Gasteiger partial charge on any atom is 1.00 e. The molecule has 1 aromatic carbocycles. The number of rotatable bonds is 3. The molecule has 0 unspecified atom stereocenters. The van der Waals surface area contributed by atoms with E-state index in [2.05, 4.69) is 10.3 Å². The van der Waals surface area contributed by atoms with Crippen molar-refractivity contribution in [2.75, 3.05) is 0 Å². The van der Waals surface area contributed by atoms with Crippen LogP contribution < -0.4 is 29.6 Å². The van der Waals surface area contributed by atoms with Gasteiger partial charge >= 0.3 is 35.5 Å². The number of hydrogen-bond donors (Lipinski definition) is 1. The van der Waals surface area contributed by atoms with Crippen LogP contribution in [0.5, 0.6) is 0 Å².